The van der Waals surface area contributed by atoms with E-state index in [2.05, 4.69) is 20.2 Å². The number of rotatable bonds is 3. The van der Waals surface area contributed by atoms with Gasteiger partial charge < -0.3 is 16.0 Å². The van der Waals surface area contributed by atoms with Gasteiger partial charge in [-0.1, -0.05) is 11.6 Å². The van der Waals surface area contributed by atoms with Gasteiger partial charge in [-0.2, -0.15) is 16.3 Å². The lowest BCUT2D eigenvalue weighted by Gasteiger charge is -2.33. The Hall–Kier alpha value is -1.86. The lowest BCUT2D eigenvalue weighted by molar-refractivity contribution is 0.0931. The average Bonchev–Trinajstić information content (AvgIpc) is 3.01. The van der Waals surface area contributed by atoms with E-state index in [0.29, 0.717) is 5.15 Å². The number of hydrogen-bond donors (Lipinski definition) is 2. The second kappa shape index (κ2) is 6.50. The fourth-order valence-corrected chi connectivity index (χ4v) is 3.32. The SMILES string of the molecule is Nc1nc(Cl)cc(N2CCC(NC(=O)c3ccsc3)CC2)n1. The van der Waals surface area contributed by atoms with E-state index in [0.717, 1.165) is 37.3 Å². The Balaban J connectivity index is 1.57. The Kier molecular flexibility index (Phi) is 4.44. The molecular weight excluding hydrogens is 322 g/mol. The van der Waals surface area contributed by atoms with Crippen LogP contribution in [0, 0.1) is 0 Å². The molecule has 3 heterocycles. The molecule has 1 saturated heterocycles. The molecule has 0 atom stereocenters. The molecule has 3 N–H and O–H groups in total. The zero-order valence-electron chi connectivity index (χ0n) is 11.8. The van der Waals surface area contributed by atoms with Crippen molar-refractivity contribution in [1.29, 1.82) is 0 Å². The highest BCUT2D eigenvalue weighted by molar-refractivity contribution is 7.08. The van der Waals surface area contributed by atoms with Gasteiger partial charge >= 0.3 is 0 Å². The Morgan fingerprint density at radius 1 is 1.41 bits per heavy atom. The number of aromatic nitrogens is 2. The van der Waals surface area contributed by atoms with Gasteiger partial charge in [0.2, 0.25) is 5.95 Å². The number of hydrogen-bond acceptors (Lipinski definition) is 6. The second-order valence-electron chi connectivity index (χ2n) is 5.15. The Bertz CT molecular complexity index is 635. The van der Waals surface area contributed by atoms with E-state index in [1.165, 1.54) is 11.3 Å². The molecule has 1 aliphatic heterocycles. The third-order valence-electron chi connectivity index (χ3n) is 3.64. The Labute approximate surface area is 137 Å². The number of thiophene rings is 1. The fraction of sp³-hybridized carbons (Fsp3) is 0.357. The van der Waals surface area contributed by atoms with Crippen LogP contribution in [0.15, 0.2) is 22.9 Å². The van der Waals surface area contributed by atoms with Crippen molar-refractivity contribution in [3.8, 4) is 0 Å². The molecule has 8 heteroatoms. The summed E-state index contributed by atoms with van der Waals surface area (Å²) in [4.78, 5) is 22.2. The minimum Gasteiger partial charge on any atom is -0.368 e. The number of nitrogens with two attached hydrogens (primary N) is 1. The van der Waals surface area contributed by atoms with Crippen molar-refractivity contribution in [2.75, 3.05) is 23.7 Å². The van der Waals surface area contributed by atoms with Crippen LogP contribution in [-0.4, -0.2) is 35.0 Å². The molecule has 0 unspecified atom stereocenters. The predicted octanol–water partition coefficient (Wildman–Crippen LogP) is 2.17. The molecule has 0 aromatic carbocycles. The van der Waals surface area contributed by atoms with Crippen LogP contribution in [-0.2, 0) is 0 Å². The van der Waals surface area contributed by atoms with Gasteiger partial charge in [-0.15, -0.1) is 0 Å². The lowest BCUT2D eigenvalue weighted by Crippen LogP contribution is -2.45. The van der Waals surface area contributed by atoms with Crippen molar-refractivity contribution >= 4 is 40.6 Å². The molecule has 1 aliphatic rings. The maximum Gasteiger partial charge on any atom is 0.252 e. The zero-order valence-corrected chi connectivity index (χ0v) is 13.4. The predicted molar refractivity (Wildman–Crippen MR) is 88.5 cm³/mol. The first-order chi connectivity index (χ1) is 10.6. The molecule has 0 spiro atoms. The highest BCUT2D eigenvalue weighted by Gasteiger charge is 2.22. The van der Waals surface area contributed by atoms with Crippen molar-refractivity contribution in [1.82, 2.24) is 15.3 Å². The van der Waals surface area contributed by atoms with Gasteiger partial charge in [-0.3, -0.25) is 4.79 Å². The van der Waals surface area contributed by atoms with Gasteiger partial charge in [0.05, 0.1) is 0 Å². The number of nitrogen functional groups attached to an aromatic ring is 1. The molecular formula is C14H16ClN5OS. The summed E-state index contributed by atoms with van der Waals surface area (Å²) in [7, 11) is 0. The van der Waals surface area contributed by atoms with Gasteiger partial charge in [-0.25, -0.2) is 4.98 Å². The van der Waals surface area contributed by atoms with Crippen molar-refractivity contribution in [2.24, 2.45) is 0 Å². The van der Waals surface area contributed by atoms with Crippen molar-refractivity contribution < 1.29 is 4.79 Å². The van der Waals surface area contributed by atoms with E-state index in [1.54, 1.807) is 6.07 Å². The smallest absolute Gasteiger partial charge is 0.252 e. The minimum atomic E-state index is -0.00553. The monoisotopic (exact) mass is 337 g/mol. The number of piperidine rings is 1. The maximum absolute atomic E-state index is 12.0. The molecule has 2 aromatic heterocycles. The summed E-state index contributed by atoms with van der Waals surface area (Å²) in [5.41, 5.74) is 6.35. The standard InChI is InChI=1S/C14H16ClN5OS/c15-11-7-12(19-14(16)18-11)20-4-1-10(2-5-20)17-13(21)9-3-6-22-8-9/h3,6-8,10H,1-2,4-5H2,(H,17,21)(H2,16,18,19). The molecule has 3 rings (SSSR count). The van der Waals surface area contributed by atoms with Gasteiger partial charge in [-0.05, 0) is 24.3 Å². The first-order valence-electron chi connectivity index (χ1n) is 7.00. The van der Waals surface area contributed by atoms with Crippen molar-refractivity contribution in [2.45, 2.75) is 18.9 Å². The van der Waals surface area contributed by atoms with Crippen LogP contribution < -0.4 is 16.0 Å². The van der Waals surface area contributed by atoms with Crippen LogP contribution in [0.25, 0.3) is 0 Å². The number of anilines is 2. The largest absolute Gasteiger partial charge is 0.368 e. The summed E-state index contributed by atoms with van der Waals surface area (Å²) in [5.74, 6) is 0.907. The summed E-state index contributed by atoms with van der Waals surface area (Å²) in [6.07, 6.45) is 1.72. The molecule has 2 aromatic rings. The molecule has 6 nitrogen and oxygen atoms in total. The van der Waals surface area contributed by atoms with E-state index < -0.39 is 0 Å². The Morgan fingerprint density at radius 3 is 2.82 bits per heavy atom. The molecule has 1 amide bonds. The lowest BCUT2D eigenvalue weighted by atomic mass is 10.0. The molecule has 0 aliphatic carbocycles. The fourth-order valence-electron chi connectivity index (χ4n) is 2.50. The number of amides is 1. The number of nitrogens with zero attached hydrogens (tertiary/aromatic N) is 3. The number of halogens is 1. The summed E-state index contributed by atoms with van der Waals surface area (Å²) < 4.78 is 0. The average molecular weight is 338 g/mol. The third-order valence-corrected chi connectivity index (χ3v) is 4.51. The maximum atomic E-state index is 12.0. The van der Waals surface area contributed by atoms with E-state index in [-0.39, 0.29) is 17.9 Å². The van der Waals surface area contributed by atoms with E-state index >= 15 is 0 Å². The topological polar surface area (TPSA) is 84.1 Å². The molecule has 0 radical (unpaired) electrons. The summed E-state index contributed by atoms with van der Waals surface area (Å²) >= 11 is 7.43. The van der Waals surface area contributed by atoms with E-state index in [1.807, 2.05) is 16.8 Å². The second-order valence-corrected chi connectivity index (χ2v) is 6.32. The zero-order chi connectivity index (χ0) is 15.5. The van der Waals surface area contributed by atoms with Gasteiger partial charge in [0.25, 0.3) is 5.91 Å². The summed E-state index contributed by atoms with van der Waals surface area (Å²) in [5, 5.41) is 7.18. The van der Waals surface area contributed by atoms with E-state index in [4.69, 9.17) is 17.3 Å². The van der Waals surface area contributed by atoms with Gasteiger partial charge in [0.1, 0.15) is 11.0 Å². The summed E-state index contributed by atoms with van der Waals surface area (Å²) in [6, 6.07) is 3.72. The van der Waals surface area contributed by atoms with Gasteiger partial charge in [0, 0.05) is 36.1 Å². The van der Waals surface area contributed by atoms with Crippen LogP contribution in [0.5, 0.6) is 0 Å². The highest BCUT2D eigenvalue weighted by Crippen LogP contribution is 2.21. The van der Waals surface area contributed by atoms with Crippen molar-refractivity contribution in [3.63, 3.8) is 0 Å². The third kappa shape index (κ3) is 3.48. The van der Waals surface area contributed by atoms with Crippen LogP contribution in [0.1, 0.15) is 23.2 Å². The number of carbonyl (C=O) groups is 1. The number of nitrogens with one attached hydrogen (secondary N) is 1. The minimum absolute atomic E-state index is 0.00553. The van der Waals surface area contributed by atoms with Gasteiger partial charge in [0.15, 0.2) is 0 Å². The molecule has 116 valence electrons. The van der Waals surface area contributed by atoms with Crippen LogP contribution in [0.4, 0.5) is 11.8 Å². The molecule has 0 saturated carbocycles. The Morgan fingerprint density at radius 2 is 2.18 bits per heavy atom. The summed E-state index contributed by atoms with van der Waals surface area (Å²) in [6.45, 7) is 1.59. The highest BCUT2D eigenvalue weighted by atomic mass is 35.5. The van der Waals surface area contributed by atoms with Crippen LogP contribution in [0.2, 0.25) is 5.15 Å². The van der Waals surface area contributed by atoms with Crippen LogP contribution >= 0.6 is 22.9 Å². The first kappa shape index (κ1) is 15.1. The molecule has 1 fully saturated rings. The molecule has 0 bridgehead atoms. The normalized spacial score (nSPS) is 15.8. The molecule has 22 heavy (non-hydrogen) atoms. The first-order valence-corrected chi connectivity index (χ1v) is 8.32. The number of carbonyl (C=O) groups excluding carboxylic acids is 1. The van der Waals surface area contributed by atoms with E-state index in [9.17, 15) is 4.79 Å². The quantitative estimate of drug-likeness (QED) is 0.838. The van der Waals surface area contributed by atoms with Crippen LogP contribution in [0.3, 0.4) is 0 Å². The van der Waals surface area contributed by atoms with Crippen molar-refractivity contribution in [3.05, 3.63) is 33.6 Å².